The summed E-state index contributed by atoms with van der Waals surface area (Å²) < 4.78 is 48.2. The molecule has 0 spiro atoms. The Balaban J connectivity index is 0.988. The number of esters is 1. The second-order valence-corrected chi connectivity index (χ2v) is 37.1. The monoisotopic (exact) mass is 1730 g/mol. The molecule has 0 bridgehead atoms. The SMILES string of the molecule is CSCC[C@H](NC(=O)[C@H](Cc1ccccc1)NC(=O)[C@H](CC(=O)OC(C)(C)C)NC(=O)[C@@H](NC(=O)[C@@H](N)CSC(c1ccccc1)(c1ccccc1)c1ccccc1)[C@@H](C)OC(C)(C)C)C(=O)N[C@@H](CCCNC(=N)NS(=O)(=O)c1c(C)c(C)c2c(c1C)CC(C)(C)O2)C(=O)N[C@@H](CC(=O)NC(c1ccccc1)(c1ccccc1)c1ccccc1)C(=O)O. The number of thioether (sulfide) groups is 2. The number of sulfonamides is 1. The Hall–Kier alpha value is -11.4. The summed E-state index contributed by atoms with van der Waals surface area (Å²) in [7, 11) is -4.41. The van der Waals surface area contributed by atoms with E-state index in [2.05, 4.69) is 47.3 Å². The first-order chi connectivity index (χ1) is 58.3. The molecule has 1 aliphatic heterocycles. The maximum absolute atomic E-state index is 15.4. The molecule has 9 rings (SSSR count). The lowest BCUT2D eigenvalue weighted by Gasteiger charge is -2.37. The van der Waals surface area contributed by atoms with Gasteiger partial charge in [0.2, 0.25) is 47.3 Å². The van der Waals surface area contributed by atoms with Crippen molar-refractivity contribution in [1.29, 1.82) is 5.41 Å². The number of ether oxygens (including phenoxy) is 3. The Morgan fingerprint density at radius 1 is 0.545 bits per heavy atom. The summed E-state index contributed by atoms with van der Waals surface area (Å²) in [5.41, 5.74) is 10.3. The molecule has 0 saturated carbocycles. The fourth-order valence-electron chi connectivity index (χ4n) is 15.1. The van der Waals surface area contributed by atoms with Crippen LogP contribution in [0.15, 0.2) is 217 Å². The van der Waals surface area contributed by atoms with E-state index in [1.165, 1.54) is 23.5 Å². The third-order valence-electron chi connectivity index (χ3n) is 20.9. The van der Waals surface area contributed by atoms with Gasteiger partial charge in [-0.3, -0.25) is 43.8 Å². The van der Waals surface area contributed by atoms with Crippen LogP contribution in [0.5, 0.6) is 5.75 Å². The zero-order valence-electron chi connectivity index (χ0n) is 71.9. The van der Waals surface area contributed by atoms with Crippen LogP contribution in [0.25, 0.3) is 0 Å². The molecule has 7 amide bonds. The van der Waals surface area contributed by atoms with Gasteiger partial charge in [-0.15, -0.1) is 11.8 Å². The molecule has 123 heavy (non-hydrogen) atoms. The van der Waals surface area contributed by atoms with E-state index in [1.54, 1.807) is 142 Å². The molecule has 8 aromatic rings. The Morgan fingerprint density at radius 3 is 1.44 bits per heavy atom. The summed E-state index contributed by atoms with van der Waals surface area (Å²) in [6.07, 6.45) is -1.34. The molecule has 26 nitrogen and oxygen atoms in total. The largest absolute Gasteiger partial charge is 0.487 e. The first-order valence-electron chi connectivity index (χ1n) is 40.9. The molecule has 29 heteroatoms. The van der Waals surface area contributed by atoms with Crippen LogP contribution in [0.1, 0.15) is 156 Å². The number of aliphatic carboxylic acids is 1. The van der Waals surface area contributed by atoms with E-state index in [9.17, 15) is 32.7 Å². The predicted octanol–water partition coefficient (Wildman–Crippen LogP) is 10.4. The Kier molecular flexibility index (Phi) is 33.1. The molecule has 13 N–H and O–H groups in total. The number of rotatable bonds is 40. The second kappa shape index (κ2) is 42.6. The Labute approximate surface area is 729 Å². The lowest BCUT2D eigenvalue weighted by molar-refractivity contribution is -0.157. The molecule has 654 valence electrons. The van der Waals surface area contributed by atoms with Crippen molar-refractivity contribution < 1.29 is 70.9 Å². The van der Waals surface area contributed by atoms with Crippen molar-refractivity contribution >= 4 is 92.8 Å². The molecular weight excluding hydrogens is 1620 g/mol. The molecule has 0 unspecified atom stereocenters. The number of carbonyl (C=O) groups excluding carboxylic acids is 8. The minimum atomic E-state index is -4.41. The summed E-state index contributed by atoms with van der Waals surface area (Å²) >= 11 is 2.73. The van der Waals surface area contributed by atoms with Crippen LogP contribution >= 0.6 is 23.5 Å². The van der Waals surface area contributed by atoms with Crippen molar-refractivity contribution in [3.8, 4) is 5.75 Å². The van der Waals surface area contributed by atoms with Crippen LogP contribution in [0.2, 0.25) is 0 Å². The number of amides is 7. The summed E-state index contributed by atoms with van der Waals surface area (Å²) in [4.78, 5) is 133. The van der Waals surface area contributed by atoms with Gasteiger partial charge >= 0.3 is 11.9 Å². The van der Waals surface area contributed by atoms with Gasteiger partial charge in [-0.25, -0.2) is 17.9 Å². The molecule has 8 aromatic carbocycles. The fraction of sp³-hybridized carbons (Fsp3) is 0.383. The highest BCUT2D eigenvalue weighted by molar-refractivity contribution is 8.00. The van der Waals surface area contributed by atoms with E-state index in [0.29, 0.717) is 51.1 Å². The number of benzene rings is 8. The van der Waals surface area contributed by atoms with Crippen molar-refractivity contribution in [2.75, 3.05) is 24.3 Å². The van der Waals surface area contributed by atoms with Crippen molar-refractivity contribution in [2.24, 2.45) is 5.73 Å². The number of carboxylic acids is 1. The summed E-state index contributed by atoms with van der Waals surface area (Å²) in [6, 6.07) is 53.7. The van der Waals surface area contributed by atoms with Gasteiger partial charge < -0.3 is 67.6 Å². The van der Waals surface area contributed by atoms with Crippen LogP contribution in [0.4, 0.5) is 0 Å². The Bertz CT molecular complexity index is 4910. The van der Waals surface area contributed by atoms with E-state index in [4.69, 9.17) is 25.4 Å². The van der Waals surface area contributed by atoms with Gasteiger partial charge in [0.05, 0.1) is 40.2 Å². The number of hydrogen-bond acceptors (Lipinski definition) is 18. The fourth-order valence-corrected chi connectivity index (χ4v) is 18.6. The standard InChI is InChI=1S/C94H115N11O15S3/c1-59-60(2)81(61(3)70-57-92(11,12)120-80(59)70)123(116,117)105-89(96)97-52-35-50-72(83(109)102-76(88(114)115)55-77(106)104-93(64-38-23-15-24-39-64,65-40-25-16-26-41-65)66-42-27-17-28-43-66)98-84(110)73(51-53-121-13)99-85(111)74(54-63-36-21-14-22-37-63)100-86(112)75(56-78(107)119-91(8,9)10)101-87(113)79(62(4)118-90(5,6)7)103-82(108)71(95)58-122-94(67-44-29-18-30-45-67,68-46-31-19-32-47-68)69-48-33-20-34-49-69/h14-34,36-49,62,71-76,79H,35,50-58,95H2,1-13H3,(H,98,110)(H,99,111)(H,100,112)(H,101,113)(H,102,109)(H,103,108)(H,104,106)(H,114,115)(H3,96,97,105)/t62-,71+,72+,73+,74+,75+,76+,79+/m1/s1. The third-order valence-corrected chi connectivity index (χ3v) is 24.8. The molecule has 1 heterocycles. The van der Waals surface area contributed by atoms with Gasteiger partial charge in [-0.05, 0) is 170 Å². The first-order valence-corrected chi connectivity index (χ1v) is 44.8. The maximum atomic E-state index is 15.4. The average molecular weight is 1740 g/mol. The number of hydrogen-bond donors (Lipinski definition) is 12. The van der Waals surface area contributed by atoms with E-state index in [0.717, 1.165) is 22.3 Å². The van der Waals surface area contributed by atoms with Crippen LogP contribution in [0, 0.1) is 26.2 Å². The van der Waals surface area contributed by atoms with E-state index in [1.807, 2.05) is 159 Å². The van der Waals surface area contributed by atoms with Crippen LogP contribution in [-0.4, -0.2) is 162 Å². The minimum absolute atomic E-state index is 0.0164. The van der Waals surface area contributed by atoms with Gasteiger partial charge in [0.1, 0.15) is 58.7 Å². The highest BCUT2D eigenvalue weighted by Crippen LogP contribution is 2.49. The van der Waals surface area contributed by atoms with Gasteiger partial charge in [-0.1, -0.05) is 212 Å². The molecule has 0 radical (unpaired) electrons. The number of guanidine groups is 1. The number of nitrogens with two attached hydrogens (primary N) is 1. The number of fused-ring (bicyclic) bond motifs is 1. The Morgan fingerprint density at radius 2 is 0.976 bits per heavy atom. The molecule has 0 fully saturated rings. The lowest BCUT2D eigenvalue weighted by Crippen LogP contribution is -2.62. The smallest absolute Gasteiger partial charge is 0.326 e. The number of nitrogens with one attached hydrogen (secondary N) is 10. The number of carboxylic acid groups (broad SMARTS) is 1. The quantitative estimate of drug-likeness (QED) is 0.00558. The van der Waals surface area contributed by atoms with Gasteiger partial charge in [0.25, 0.3) is 10.0 Å². The van der Waals surface area contributed by atoms with Gasteiger partial charge in [-0.2, -0.15) is 11.8 Å². The highest BCUT2D eigenvalue weighted by Gasteiger charge is 2.44. The summed E-state index contributed by atoms with van der Waals surface area (Å²) in [5.74, 6) is -8.93. The molecular formula is C94H115N11O15S3. The zero-order valence-corrected chi connectivity index (χ0v) is 74.3. The van der Waals surface area contributed by atoms with E-state index >= 15 is 24.0 Å². The molecule has 1 aliphatic rings. The predicted molar refractivity (Wildman–Crippen MR) is 479 cm³/mol. The average Bonchev–Trinajstić information content (AvgIpc) is 1.70. The van der Waals surface area contributed by atoms with Crippen molar-refractivity contribution in [3.63, 3.8) is 0 Å². The van der Waals surface area contributed by atoms with Crippen molar-refractivity contribution in [3.05, 3.63) is 274 Å². The van der Waals surface area contributed by atoms with Crippen molar-refractivity contribution in [2.45, 2.75) is 208 Å². The third kappa shape index (κ3) is 25.6. The van der Waals surface area contributed by atoms with Crippen LogP contribution in [-0.2, 0) is 85.8 Å². The van der Waals surface area contributed by atoms with Crippen molar-refractivity contribution in [1.82, 2.24) is 47.3 Å². The van der Waals surface area contributed by atoms with Crippen LogP contribution in [0.3, 0.4) is 0 Å². The number of carbonyl (C=O) groups is 9. The molecule has 0 aliphatic carbocycles. The van der Waals surface area contributed by atoms with Gasteiger partial charge in [0, 0.05) is 30.7 Å². The van der Waals surface area contributed by atoms with Crippen LogP contribution < -0.4 is 57.7 Å². The topological polar surface area (TPSA) is 394 Å². The highest BCUT2D eigenvalue weighted by atomic mass is 32.2. The molecule has 0 saturated heterocycles. The van der Waals surface area contributed by atoms with Gasteiger partial charge in [0.15, 0.2) is 0 Å². The van der Waals surface area contributed by atoms with E-state index in [-0.39, 0.29) is 48.6 Å². The maximum Gasteiger partial charge on any atom is 0.326 e. The minimum Gasteiger partial charge on any atom is -0.487 e. The zero-order chi connectivity index (χ0) is 89.6. The first kappa shape index (κ1) is 95.5. The normalized spacial score (nSPS) is 14.6. The summed E-state index contributed by atoms with van der Waals surface area (Å²) in [5, 5.41) is 41.8. The lowest BCUT2D eigenvalue weighted by atomic mass is 9.77. The molecule has 0 aromatic heterocycles. The summed E-state index contributed by atoms with van der Waals surface area (Å²) in [6.45, 7) is 20.4. The second-order valence-electron chi connectivity index (χ2n) is 33.2. The molecule has 8 atom stereocenters. The van der Waals surface area contributed by atoms with E-state index < -0.39 is 158 Å².